The summed E-state index contributed by atoms with van der Waals surface area (Å²) < 4.78 is 15.4. The zero-order valence-corrected chi connectivity index (χ0v) is 12.3. The van der Waals surface area contributed by atoms with Crippen molar-refractivity contribution >= 4 is 17.0 Å². The molecule has 0 saturated carbocycles. The van der Waals surface area contributed by atoms with Crippen LogP contribution in [0.15, 0.2) is 18.2 Å². The molecule has 0 amide bonds. The van der Waals surface area contributed by atoms with Gasteiger partial charge in [-0.05, 0) is 43.9 Å². The second-order valence-electron chi connectivity index (χ2n) is 6.99. The molecule has 3 nitrogen and oxygen atoms in total. The van der Waals surface area contributed by atoms with Crippen molar-refractivity contribution in [3.05, 3.63) is 24.0 Å². The molecule has 0 aliphatic heterocycles. The lowest BCUT2D eigenvalue weighted by molar-refractivity contribution is 0.222. The number of aromatic nitrogens is 2. The molecular formula is C15H22FN3. The Morgan fingerprint density at radius 1 is 1.21 bits per heavy atom. The van der Waals surface area contributed by atoms with E-state index in [2.05, 4.69) is 39.6 Å². The van der Waals surface area contributed by atoms with Gasteiger partial charge in [0.1, 0.15) is 5.82 Å². The van der Waals surface area contributed by atoms with Crippen LogP contribution in [0.3, 0.4) is 0 Å². The predicted molar refractivity (Wildman–Crippen MR) is 77.5 cm³/mol. The van der Waals surface area contributed by atoms with Crippen LogP contribution in [0.25, 0.3) is 11.0 Å². The Balaban J connectivity index is 2.61. The van der Waals surface area contributed by atoms with Crippen molar-refractivity contribution in [1.82, 2.24) is 9.55 Å². The van der Waals surface area contributed by atoms with Gasteiger partial charge in [-0.25, -0.2) is 9.37 Å². The van der Waals surface area contributed by atoms with Crippen LogP contribution in [-0.2, 0) is 5.54 Å². The number of nitrogen functional groups attached to an aromatic ring is 1. The number of rotatable bonds is 2. The molecule has 0 unspecified atom stereocenters. The maximum absolute atomic E-state index is 13.5. The van der Waals surface area contributed by atoms with E-state index in [1.807, 2.05) is 4.57 Å². The molecule has 0 aliphatic rings. The minimum absolute atomic E-state index is 0.153. The number of hydrogen-bond donors (Lipinski definition) is 1. The van der Waals surface area contributed by atoms with Crippen molar-refractivity contribution in [2.45, 2.75) is 46.6 Å². The maximum Gasteiger partial charge on any atom is 0.201 e. The molecule has 2 aromatic rings. The van der Waals surface area contributed by atoms with Crippen LogP contribution < -0.4 is 5.73 Å². The minimum Gasteiger partial charge on any atom is -0.369 e. The molecule has 0 atom stereocenters. The number of benzene rings is 1. The van der Waals surface area contributed by atoms with Crippen LogP contribution in [-0.4, -0.2) is 9.55 Å². The highest BCUT2D eigenvalue weighted by Crippen LogP contribution is 2.36. The number of imidazole rings is 1. The summed E-state index contributed by atoms with van der Waals surface area (Å²) in [4.78, 5) is 4.32. The van der Waals surface area contributed by atoms with Crippen LogP contribution in [0.4, 0.5) is 10.3 Å². The first-order chi connectivity index (χ1) is 8.60. The van der Waals surface area contributed by atoms with E-state index in [0.717, 1.165) is 17.5 Å². The van der Waals surface area contributed by atoms with Crippen molar-refractivity contribution in [1.29, 1.82) is 0 Å². The molecule has 0 bridgehead atoms. The Bertz CT molecular complexity index is 606. The summed E-state index contributed by atoms with van der Waals surface area (Å²) in [7, 11) is 0. The summed E-state index contributed by atoms with van der Waals surface area (Å²) >= 11 is 0. The first-order valence-electron chi connectivity index (χ1n) is 6.54. The van der Waals surface area contributed by atoms with Crippen LogP contribution in [0.5, 0.6) is 0 Å². The summed E-state index contributed by atoms with van der Waals surface area (Å²) in [5.41, 5.74) is 7.47. The molecule has 0 radical (unpaired) electrons. The molecule has 0 aliphatic carbocycles. The van der Waals surface area contributed by atoms with Crippen LogP contribution in [0.1, 0.15) is 41.0 Å². The monoisotopic (exact) mass is 263 g/mol. The second kappa shape index (κ2) is 4.22. The molecule has 1 aromatic heterocycles. The molecule has 2 rings (SSSR count). The molecule has 0 spiro atoms. The average Bonchev–Trinajstić information content (AvgIpc) is 2.49. The van der Waals surface area contributed by atoms with E-state index in [9.17, 15) is 4.39 Å². The normalized spacial score (nSPS) is 13.2. The molecule has 4 heteroatoms. The molecule has 19 heavy (non-hydrogen) atoms. The lowest BCUT2D eigenvalue weighted by atomic mass is 9.81. The third kappa shape index (κ3) is 2.72. The lowest BCUT2D eigenvalue weighted by Crippen LogP contribution is -2.32. The smallest absolute Gasteiger partial charge is 0.201 e. The first kappa shape index (κ1) is 13.8. The van der Waals surface area contributed by atoms with Crippen molar-refractivity contribution in [2.24, 2.45) is 5.41 Å². The van der Waals surface area contributed by atoms with Crippen molar-refractivity contribution in [3.8, 4) is 0 Å². The molecule has 2 N–H and O–H groups in total. The fourth-order valence-electron chi connectivity index (χ4n) is 3.08. The number of anilines is 1. The average molecular weight is 263 g/mol. The van der Waals surface area contributed by atoms with Gasteiger partial charge in [0.15, 0.2) is 0 Å². The number of nitrogens with zero attached hydrogens (tertiary/aromatic N) is 2. The number of nitrogens with two attached hydrogens (primary N) is 1. The van der Waals surface area contributed by atoms with Gasteiger partial charge in [0.05, 0.1) is 11.0 Å². The van der Waals surface area contributed by atoms with Gasteiger partial charge in [-0.1, -0.05) is 20.8 Å². The Hall–Kier alpha value is -1.58. The fraction of sp³-hybridized carbons (Fsp3) is 0.533. The molecule has 1 heterocycles. The highest BCUT2D eigenvalue weighted by molar-refractivity contribution is 5.78. The largest absolute Gasteiger partial charge is 0.369 e. The van der Waals surface area contributed by atoms with E-state index in [1.54, 1.807) is 6.07 Å². The van der Waals surface area contributed by atoms with Crippen LogP contribution in [0.2, 0.25) is 0 Å². The first-order valence-corrected chi connectivity index (χ1v) is 6.54. The lowest BCUT2D eigenvalue weighted by Gasteiger charge is -2.34. The molecule has 1 aromatic carbocycles. The van der Waals surface area contributed by atoms with Crippen LogP contribution in [0, 0.1) is 11.2 Å². The van der Waals surface area contributed by atoms with Gasteiger partial charge in [-0.2, -0.15) is 0 Å². The maximum atomic E-state index is 13.5. The number of fused-ring (bicyclic) bond motifs is 1. The van der Waals surface area contributed by atoms with E-state index >= 15 is 0 Å². The standard InChI is InChI=1S/C15H22FN3/c1-14(2,3)9-15(4,5)19-12-8-10(16)6-7-11(12)18-13(19)17/h6-8H,9H2,1-5H3,(H2,17,18). The van der Waals surface area contributed by atoms with Crippen LogP contribution >= 0.6 is 0 Å². The second-order valence-corrected chi connectivity index (χ2v) is 6.99. The van der Waals surface area contributed by atoms with Crippen molar-refractivity contribution < 1.29 is 4.39 Å². The van der Waals surface area contributed by atoms with E-state index < -0.39 is 0 Å². The predicted octanol–water partition coefficient (Wildman–Crippen LogP) is 3.93. The van der Waals surface area contributed by atoms with Crippen molar-refractivity contribution in [3.63, 3.8) is 0 Å². The SMILES string of the molecule is CC(C)(C)CC(C)(C)n1c(N)nc2ccc(F)cc21. The Morgan fingerprint density at radius 3 is 2.42 bits per heavy atom. The third-order valence-electron chi connectivity index (χ3n) is 3.21. The zero-order chi connectivity index (χ0) is 14.4. The quantitative estimate of drug-likeness (QED) is 0.892. The van der Waals surface area contributed by atoms with Gasteiger partial charge in [0, 0.05) is 5.54 Å². The highest BCUT2D eigenvalue weighted by atomic mass is 19.1. The van der Waals surface area contributed by atoms with Gasteiger partial charge in [-0.15, -0.1) is 0 Å². The summed E-state index contributed by atoms with van der Waals surface area (Å²) in [6, 6.07) is 4.59. The topological polar surface area (TPSA) is 43.8 Å². The summed E-state index contributed by atoms with van der Waals surface area (Å²) in [5, 5.41) is 0. The van der Waals surface area contributed by atoms with E-state index in [-0.39, 0.29) is 16.8 Å². The molecule has 0 saturated heterocycles. The van der Waals surface area contributed by atoms with Gasteiger partial charge >= 0.3 is 0 Å². The fourth-order valence-corrected chi connectivity index (χ4v) is 3.08. The number of hydrogen-bond acceptors (Lipinski definition) is 2. The molecule has 104 valence electrons. The third-order valence-corrected chi connectivity index (χ3v) is 3.21. The number of halogens is 1. The van der Waals surface area contributed by atoms with E-state index in [1.165, 1.54) is 12.1 Å². The van der Waals surface area contributed by atoms with E-state index in [0.29, 0.717) is 5.95 Å². The zero-order valence-electron chi connectivity index (χ0n) is 12.3. The van der Waals surface area contributed by atoms with Gasteiger partial charge in [0.2, 0.25) is 5.95 Å². The van der Waals surface area contributed by atoms with Gasteiger partial charge < -0.3 is 10.3 Å². The van der Waals surface area contributed by atoms with Crippen molar-refractivity contribution in [2.75, 3.05) is 5.73 Å². The molecule has 0 fully saturated rings. The van der Waals surface area contributed by atoms with Gasteiger partial charge in [-0.3, -0.25) is 0 Å². The Morgan fingerprint density at radius 2 is 1.84 bits per heavy atom. The van der Waals surface area contributed by atoms with Gasteiger partial charge in [0.25, 0.3) is 0 Å². The summed E-state index contributed by atoms with van der Waals surface area (Å²) in [6.45, 7) is 10.8. The molecular weight excluding hydrogens is 241 g/mol. The Kier molecular flexibility index (Phi) is 3.07. The Labute approximate surface area is 113 Å². The minimum atomic E-state index is -0.264. The summed E-state index contributed by atoms with van der Waals surface area (Å²) in [6.07, 6.45) is 0.923. The van der Waals surface area contributed by atoms with E-state index in [4.69, 9.17) is 5.73 Å². The summed E-state index contributed by atoms with van der Waals surface area (Å²) in [5.74, 6) is 0.176. The highest BCUT2D eigenvalue weighted by Gasteiger charge is 2.30.